The molecule has 0 unspecified atom stereocenters. The van der Waals surface area contributed by atoms with E-state index in [2.05, 4.69) is 26.5 Å². The van der Waals surface area contributed by atoms with Gasteiger partial charge in [0.05, 0.1) is 13.2 Å². The summed E-state index contributed by atoms with van der Waals surface area (Å²) in [5.41, 5.74) is 3.63. The van der Waals surface area contributed by atoms with Crippen LogP contribution in [0.15, 0.2) is 41.5 Å². The fourth-order valence-corrected chi connectivity index (χ4v) is 2.21. The molecule has 1 aromatic carbocycles. The lowest BCUT2D eigenvalue weighted by Crippen LogP contribution is -3.15. The van der Waals surface area contributed by atoms with Crippen LogP contribution in [0, 0.1) is 0 Å². The molecule has 1 saturated heterocycles. The summed E-state index contributed by atoms with van der Waals surface area (Å²) in [5, 5.41) is 4.01. The van der Waals surface area contributed by atoms with Gasteiger partial charge in [-0.25, -0.2) is 5.43 Å². The molecule has 0 radical (unpaired) electrons. The van der Waals surface area contributed by atoms with E-state index in [1.807, 2.05) is 36.4 Å². The van der Waals surface area contributed by atoms with E-state index >= 15 is 0 Å². The zero-order valence-corrected chi connectivity index (χ0v) is 13.3. The van der Waals surface area contributed by atoms with Crippen LogP contribution in [-0.4, -0.2) is 43.4 Å². The summed E-state index contributed by atoms with van der Waals surface area (Å²) in [6.07, 6.45) is 3.73. The minimum atomic E-state index is -0.0861. The van der Waals surface area contributed by atoms with E-state index in [-0.39, 0.29) is 5.91 Å². The van der Waals surface area contributed by atoms with E-state index in [4.69, 9.17) is 4.74 Å². The van der Waals surface area contributed by atoms with Crippen LogP contribution in [0.2, 0.25) is 0 Å². The second kappa shape index (κ2) is 8.71. The van der Waals surface area contributed by atoms with Crippen molar-refractivity contribution in [3.63, 3.8) is 0 Å². The first-order chi connectivity index (χ1) is 10.2. The Morgan fingerprint density at radius 2 is 2.05 bits per heavy atom. The van der Waals surface area contributed by atoms with Gasteiger partial charge in [0.1, 0.15) is 17.7 Å². The minimum absolute atomic E-state index is 0.0861. The molecule has 0 atom stereocenters. The number of allylic oxidation sites excluding steroid dienone is 1. The van der Waals surface area contributed by atoms with Gasteiger partial charge in [-0.2, -0.15) is 5.10 Å². The fraction of sp³-hybridized carbons (Fsp3) is 0.333. The third kappa shape index (κ3) is 6.20. The number of hydrogen-bond donors (Lipinski definition) is 2. The van der Waals surface area contributed by atoms with E-state index in [1.165, 1.54) is 4.90 Å². The number of benzene rings is 1. The number of morpholine rings is 1. The highest BCUT2D eigenvalue weighted by atomic mass is 79.9. The van der Waals surface area contributed by atoms with Crippen molar-refractivity contribution in [1.29, 1.82) is 0 Å². The standard InChI is InChI=1S/C15H18BrN3O2/c16-14(7-6-13-4-2-1-3-5-13)17-18-15(20)12-19-8-10-21-11-9-19/h1-7H,8-12H2,(H,18,20)/p+1/b7-6+,17-14+. The molecule has 1 aliphatic heterocycles. The minimum Gasteiger partial charge on any atom is -0.370 e. The molecule has 0 spiro atoms. The highest BCUT2D eigenvalue weighted by molar-refractivity contribution is 9.18. The lowest BCUT2D eigenvalue weighted by Gasteiger charge is -2.22. The normalized spacial score (nSPS) is 17.1. The zero-order valence-electron chi connectivity index (χ0n) is 11.7. The summed E-state index contributed by atoms with van der Waals surface area (Å²) in [6.45, 7) is 3.60. The average Bonchev–Trinajstić information content (AvgIpc) is 2.53. The highest BCUT2D eigenvalue weighted by Gasteiger charge is 2.17. The summed E-state index contributed by atoms with van der Waals surface area (Å²) in [5.74, 6) is -0.0861. The van der Waals surface area contributed by atoms with Crippen LogP contribution in [0.3, 0.4) is 0 Å². The molecule has 112 valence electrons. The number of halogens is 1. The van der Waals surface area contributed by atoms with E-state index in [9.17, 15) is 4.79 Å². The number of nitrogens with one attached hydrogen (secondary N) is 2. The molecule has 2 rings (SSSR count). The lowest BCUT2D eigenvalue weighted by molar-refractivity contribution is -0.900. The largest absolute Gasteiger partial charge is 0.370 e. The maximum absolute atomic E-state index is 11.8. The molecule has 0 aromatic heterocycles. The molecule has 1 heterocycles. The molecule has 1 fully saturated rings. The summed E-state index contributed by atoms with van der Waals surface area (Å²) in [6, 6.07) is 9.90. The Kier molecular flexibility index (Phi) is 6.59. The molecule has 1 aromatic rings. The monoisotopic (exact) mass is 352 g/mol. The van der Waals surface area contributed by atoms with Crippen molar-refractivity contribution >= 4 is 32.5 Å². The Morgan fingerprint density at radius 3 is 2.76 bits per heavy atom. The van der Waals surface area contributed by atoms with Gasteiger partial charge in [0, 0.05) is 0 Å². The Bertz CT molecular complexity index is 511. The Morgan fingerprint density at radius 1 is 1.33 bits per heavy atom. The predicted octanol–water partition coefficient (Wildman–Crippen LogP) is 0.440. The smallest absolute Gasteiger partial charge is 0.295 e. The van der Waals surface area contributed by atoms with Gasteiger partial charge in [0.25, 0.3) is 5.91 Å². The Balaban J connectivity index is 1.77. The van der Waals surface area contributed by atoms with Gasteiger partial charge in [0.15, 0.2) is 6.54 Å². The molecule has 2 N–H and O–H groups in total. The molecular weight excluding hydrogens is 334 g/mol. The number of hydrogen-bond acceptors (Lipinski definition) is 3. The number of amides is 1. The molecule has 0 aliphatic carbocycles. The van der Waals surface area contributed by atoms with Crippen molar-refractivity contribution in [3.05, 3.63) is 42.0 Å². The topological polar surface area (TPSA) is 55.1 Å². The summed E-state index contributed by atoms with van der Waals surface area (Å²) >= 11 is 3.31. The lowest BCUT2D eigenvalue weighted by atomic mass is 10.2. The molecule has 1 aliphatic rings. The van der Waals surface area contributed by atoms with Gasteiger partial charge in [0.2, 0.25) is 0 Å². The van der Waals surface area contributed by atoms with Crippen LogP contribution in [0.5, 0.6) is 0 Å². The maximum atomic E-state index is 11.8. The Hall–Kier alpha value is -1.50. The van der Waals surface area contributed by atoms with Crippen molar-refractivity contribution in [1.82, 2.24) is 5.43 Å². The summed E-state index contributed by atoms with van der Waals surface area (Å²) in [7, 11) is 0. The number of nitrogens with zero attached hydrogens (tertiary/aromatic N) is 1. The van der Waals surface area contributed by atoms with Crippen LogP contribution in [0.25, 0.3) is 6.08 Å². The van der Waals surface area contributed by atoms with Crippen molar-refractivity contribution < 1.29 is 14.4 Å². The highest BCUT2D eigenvalue weighted by Crippen LogP contribution is 2.02. The number of ether oxygens (including phenoxy) is 1. The zero-order chi connectivity index (χ0) is 14.9. The third-order valence-corrected chi connectivity index (χ3v) is 3.55. The number of hydrazone groups is 1. The van der Waals surface area contributed by atoms with Crippen LogP contribution in [0.4, 0.5) is 0 Å². The second-order valence-electron chi connectivity index (χ2n) is 4.75. The predicted molar refractivity (Wildman–Crippen MR) is 86.4 cm³/mol. The molecule has 5 nitrogen and oxygen atoms in total. The van der Waals surface area contributed by atoms with Gasteiger partial charge < -0.3 is 9.64 Å². The molecular formula is C15H19BrN3O2+. The Labute approximate surface area is 132 Å². The van der Waals surface area contributed by atoms with Crippen molar-refractivity contribution in [2.24, 2.45) is 5.10 Å². The number of rotatable bonds is 5. The second-order valence-corrected chi connectivity index (χ2v) is 5.57. The van der Waals surface area contributed by atoms with E-state index in [1.54, 1.807) is 6.08 Å². The van der Waals surface area contributed by atoms with E-state index < -0.39 is 0 Å². The first-order valence-corrected chi connectivity index (χ1v) is 7.70. The number of carbonyl (C=O) groups excluding carboxylic acids is 1. The van der Waals surface area contributed by atoms with Crippen LogP contribution in [0.1, 0.15) is 5.56 Å². The van der Waals surface area contributed by atoms with Gasteiger partial charge in [-0.3, -0.25) is 4.79 Å². The van der Waals surface area contributed by atoms with E-state index in [0.29, 0.717) is 11.2 Å². The van der Waals surface area contributed by atoms with Crippen LogP contribution < -0.4 is 10.3 Å². The molecule has 6 heteroatoms. The van der Waals surface area contributed by atoms with Crippen molar-refractivity contribution in [2.75, 3.05) is 32.8 Å². The molecule has 0 bridgehead atoms. The van der Waals surface area contributed by atoms with Crippen LogP contribution >= 0.6 is 15.9 Å². The molecule has 21 heavy (non-hydrogen) atoms. The van der Waals surface area contributed by atoms with E-state index in [0.717, 1.165) is 31.9 Å². The average molecular weight is 353 g/mol. The molecule has 0 saturated carbocycles. The van der Waals surface area contributed by atoms with Gasteiger partial charge >= 0.3 is 0 Å². The molecule has 1 amide bonds. The quantitative estimate of drug-likeness (QED) is 0.596. The SMILES string of the molecule is O=C(C[NH+]1CCOCC1)N/N=C(Br)\C=C\c1ccccc1. The number of quaternary nitrogens is 1. The fourth-order valence-electron chi connectivity index (χ4n) is 1.99. The first kappa shape index (κ1) is 15.9. The summed E-state index contributed by atoms with van der Waals surface area (Å²) < 4.78 is 5.84. The number of carbonyl (C=O) groups is 1. The summed E-state index contributed by atoms with van der Waals surface area (Å²) in [4.78, 5) is 13.0. The first-order valence-electron chi connectivity index (χ1n) is 6.90. The van der Waals surface area contributed by atoms with Crippen molar-refractivity contribution in [2.45, 2.75) is 0 Å². The van der Waals surface area contributed by atoms with Crippen LogP contribution in [-0.2, 0) is 9.53 Å². The van der Waals surface area contributed by atoms with Crippen molar-refractivity contribution in [3.8, 4) is 0 Å². The van der Waals surface area contributed by atoms with Gasteiger partial charge in [-0.15, -0.1) is 0 Å². The van der Waals surface area contributed by atoms with Gasteiger partial charge in [-0.1, -0.05) is 36.4 Å². The maximum Gasteiger partial charge on any atom is 0.295 e. The van der Waals surface area contributed by atoms with Gasteiger partial charge in [-0.05, 0) is 27.6 Å². The third-order valence-electron chi connectivity index (χ3n) is 3.11.